The zero-order valence-corrected chi connectivity index (χ0v) is 8.53. The van der Waals surface area contributed by atoms with Crippen LogP contribution in [0.3, 0.4) is 0 Å². The number of hydrogen-bond acceptors (Lipinski definition) is 3. The minimum atomic E-state index is -0.869. The maximum Gasteiger partial charge on any atom is 0.407 e. The average Bonchev–Trinajstić information content (AvgIpc) is 2.61. The molecule has 2 atom stereocenters. The summed E-state index contributed by atoms with van der Waals surface area (Å²) >= 11 is 0. The summed E-state index contributed by atoms with van der Waals surface area (Å²) < 4.78 is 4.97. The molecular formula is C9H15NO4. The summed E-state index contributed by atoms with van der Waals surface area (Å²) in [7, 11) is 0. The van der Waals surface area contributed by atoms with Gasteiger partial charge in [0.1, 0.15) is 5.60 Å². The van der Waals surface area contributed by atoms with E-state index in [1.807, 2.05) is 0 Å². The fourth-order valence-corrected chi connectivity index (χ4v) is 1.09. The van der Waals surface area contributed by atoms with Crippen molar-refractivity contribution in [1.29, 1.82) is 0 Å². The van der Waals surface area contributed by atoms with Crippen LogP contribution in [0.15, 0.2) is 0 Å². The van der Waals surface area contributed by atoms with Gasteiger partial charge < -0.3 is 15.2 Å². The minimum Gasteiger partial charge on any atom is -0.481 e. The van der Waals surface area contributed by atoms with E-state index in [9.17, 15) is 9.59 Å². The lowest BCUT2D eigenvalue weighted by Crippen LogP contribution is -2.34. The van der Waals surface area contributed by atoms with E-state index in [4.69, 9.17) is 9.84 Å². The van der Waals surface area contributed by atoms with Gasteiger partial charge in [-0.25, -0.2) is 4.79 Å². The first-order valence-corrected chi connectivity index (χ1v) is 4.52. The number of rotatable bonds is 2. The van der Waals surface area contributed by atoms with Crippen LogP contribution in [0.25, 0.3) is 0 Å². The Kier molecular flexibility index (Phi) is 2.69. The molecule has 0 bridgehead atoms. The third kappa shape index (κ3) is 3.24. The number of carboxylic acid groups (broad SMARTS) is 1. The first-order valence-electron chi connectivity index (χ1n) is 4.52. The van der Waals surface area contributed by atoms with Gasteiger partial charge in [0.2, 0.25) is 0 Å². The molecule has 1 rings (SSSR count). The summed E-state index contributed by atoms with van der Waals surface area (Å²) in [6.07, 6.45) is -0.0551. The summed E-state index contributed by atoms with van der Waals surface area (Å²) in [5.41, 5.74) is -0.544. The Balaban J connectivity index is 2.27. The summed E-state index contributed by atoms with van der Waals surface area (Å²) in [5.74, 6) is -1.31. The molecule has 5 nitrogen and oxygen atoms in total. The molecule has 1 unspecified atom stereocenters. The fraction of sp³-hybridized carbons (Fsp3) is 0.778. The van der Waals surface area contributed by atoms with Gasteiger partial charge in [0.05, 0.1) is 5.92 Å². The van der Waals surface area contributed by atoms with E-state index in [1.54, 1.807) is 20.8 Å². The average molecular weight is 201 g/mol. The van der Waals surface area contributed by atoms with Crippen molar-refractivity contribution in [3.8, 4) is 0 Å². The number of amides is 1. The van der Waals surface area contributed by atoms with Gasteiger partial charge in [-0.05, 0) is 27.2 Å². The molecule has 2 N–H and O–H groups in total. The van der Waals surface area contributed by atoms with Gasteiger partial charge in [0.15, 0.2) is 0 Å². The second kappa shape index (κ2) is 3.48. The molecule has 0 aromatic rings. The van der Waals surface area contributed by atoms with Crippen LogP contribution in [0.1, 0.15) is 27.2 Å². The standard InChI is InChI=1S/C9H15NO4/c1-9(2,3)14-8(13)10-6-4-5(6)7(11)12/h5-6H,4H2,1-3H3,(H,10,13)(H,11,12)/t5-,6?/m1/s1. The number of aliphatic carboxylic acids is 1. The number of carboxylic acids is 1. The predicted octanol–water partition coefficient (Wildman–Crippen LogP) is 0.984. The Hall–Kier alpha value is -1.26. The van der Waals surface area contributed by atoms with Gasteiger partial charge in [-0.3, -0.25) is 4.79 Å². The highest BCUT2D eigenvalue weighted by Crippen LogP contribution is 2.30. The monoisotopic (exact) mass is 201 g/mol. The van der Waals surface area contributed by atoms with Gasteiger partial charge >= 0.3 is 12.1 Å². The molecule has 0 spiro atoms. The Bertz CT molecular complexity index is 256. The molecule has 0 saturated heterocycles. The molecule has 0 aliphatic heterocycles. The zero-order valence-electron chi connectivity index (χ0n) is 8.53. The minimum absolute atomic E-state index is 0.262. The van der Waals surface area contributed by atoms with E-state index in [2.05, 4.69) is 5.32 Å². The maximum absolute atomic E-state index is 11.2. The van der Waals surface area contributed by atoms with Gasteiger partial charge in [-0.1, -0.05) is 0 Å². The SMILES string of the molecule is CC(C)(C)OC(=O)NC1C[C@H]1C(=O)O. The Labute approximate surface area is 82.4 Å². The van der Waals surface area contributed by atoms with Crippen LogP contribution in [-0.2, 0) is 9.53 Å². The number of nitrogens with one attached hydrogen (secondary N) is 1. The van der Waals surface area contributed by atoms with Crippen molar-refractivity contribution in [2.24, 2.45) is 5.92 Å². The highest BCUT2D eigenvalue weighted by atomic mass is 16.6. The van der Waals surface area contributed by atoms with Gasteiger partial charge in [-0.15, -0.1) is 0 Å². The van der Waals surface area contributed by atoms with Crippen LogP contribution < -0.4 is 5.32 Å². The normalized spacial score (nSPS) is 25.4. The molecule has 1 amide bonds. The summed E-state index contributed by atoms with van der Waals surface area (Å²) in [6.45, 7) is 5.27. The molecule has 5 heteroatoms. The fourth-order valence-electron chi connectivity index (χ4n) is 1.09. The highest BCUT2D eigenvalue weighted by molar-refractivity contribution is 5.77. The molecule has 0 radical (unpaired) electrons. The number of carbonyl (C=O) groups is 2. The lowest BCUT2D eigenvalue weighted by molar-refractivity contribution is -0.138. The highest BCUT2D eigenvalue weighted by Gasteiger charge is 2.44. The molecule has 0 aromatic carbocycles. The second-order valence-electron chi connectivity index (χ2n) is 4.43. The van der Waals surface area contributed by atoms with E-state index < -0.39 is 23.6 Å². The molecule has 0 aromatic heterocycles. The van der Waals surface area contributed by atoms with E-state index in [0.717, 1.165) is 0 Å². The number of alkyl carbamates (subject to hydrolysis) is 1. The van der Waals surface area contributed by atoms with Gasteiger partial charge in [0.25, 0.3) is 0 Å². The number of carbonyl (C=O) groups excluding carboxylic acids is 1. The molecule has 80 valence electrons. The molecule has 0 heterocycles. The number of hydrogen-bond donors (Lipinski definition) is 2. The lowest BCUT2D eigenvalue weighted by atomic mass is 10.2. The third-order valence-corrected chi connectivity index (χ3v) is 1.81. The number of ether oxygens (including phenoxy) is 1. The molecule has 1 aliphatic rings. The van der Waals surface area contributed by atoms with Crippen molar-refractivity contribution < 1.29 is 19.4 Å². The Morgan fingerprint density at radius 1 is 1.43 bits per heavy atom. The van der Waals surface area contributed by atoms with Gasteiger partial charge in [0, 0.05) is 6.04 Å². The first-order chi connectivity index (χ1) is 6.29. The molecule has 14 heavy (non-hydrogen) atoms. The van der Waals surface area contributed by atoms with E-state index >= 15 is 0 Å². The maximum atomic E-state index is 11.2. The Morgan fingerprint density at radius 2 is 2.00 bits per heavy atom. The largest absolute Gasteiger partial charge is 0.481 e. The first kappa shape index (κ1) is 10.8. The summed E-state index contributed by atoms with van der Waals surface area (Å²) in [4.78, 5) is 21.6. The molecule has 1 aliphatic carbocycles. The van der Waals surface area contributed by atoms with Crippen LogP contribution in [0, 0.1) is 5.92 Å². The van der Waals surface area contributed by atoms with Crippen LogP contribution in [-0.4, -0.2) is 28.8 Å². The molecule has 1 fully saturated rings. The van der Waals surface area contributed by atoms with Crippen molar-refractivity contribution in [2.45, 2.75) is 38.8 Å². The quantitative estimate of drug-likeness (QED) is 0.698. The van der Waals surface area contributed by atoms with E-state index in [1.165, 1.54) is 0 Å². The molecular weight excluding hydrogens is 186 g/mol. The summed E-state index contributed by atoms with van der Waals surface area (Å²) in [5, 5.41) is 11.1. The topological polar surface area (TPSA) is 75.6 Å². The third-order valence-electron chi connectivity index (χ3n) is 1.81. The van der Waals surface area contributed by atoms with Crippen molar-refractivity contribution in [3.63, 3.8) is 0 Å². The zero-order chi connectivity index (χ0) is 10.9. The van der Waals surface area contributed by atoms with Gasteiger partial charge in [-0.2, -0.15) is 0 Å². The predicted molar refractivity (Wildman–Crippen MR) is 48.9 cm³/mol. The van der Waals surface area contributed by atoms with Crippen LogP contribution in [0.5, 0.6) is 0 Å². The van der Waals surface area contributed by atoms with E-state index in [-0.39, 0.29) is 6.04 Å². The van der Waals surface area contributed by atoms with Crippen LogP contribution in [0.2, 0.25) is 0 Å². The Morgan fingerprint density at radius 3 is 2.36 bits per heavy atom. The van der Waals surface area contributed by atoms with Crippen LogP contribution in [0.4, 0.5) is 4.79 Å². The summed E-state index contributed by atoms with van der Waals surface area (Å²) in [6, 6.07) is -0.262. The van der Waals surface area contributed by atoms with Crippen molar-refractivity contribution in [2.75, 3.05) is 0 Å². The van der Waals surface area contributed by atoms with Crippen molar-refractivity contribution >= 4 is 12.1 Å². The lowest BCUT2D eigenvalue weighted by Gasteiger charge is -2.19. The molecule has 1 saturated carbocycles. The smallest absolute Gasteiger partial charge is 0.407 e. The van der Waals surface area contributed by atoms with E-state index in [0.29, 0.717) is 6.42 Å². The van der Waals surface area contributed by atoms with Crippen LogP contribution >= 0.6 is 0 Å². The van der Waals surface area contributed by atoms with Crippen molar-refractivity contribution in [3.05, 3.63) is 0 Å². The van der Waals surface area contributed by atoms with Crippen molar-refractivity contribution in [1.82, 2.24) is 5.32 Å². The second-order valence-corrected chi connectivity index (χ2v) is 4.43.